The quantitative estimate of drug-likeness (QED) is 0.786. The van der Waals surface area contributed by atoms with E-state index in [4.69, 9.17) is 5.73 Å². The summed E-state index contributed by atoms with van der Waals surface area (Å²) in [6, 6.07) is 15.4. The van der Waals surface area contributed by atoms with Crippen molar-refractivity contribution in [1.82, 2.24) is 0 Å². The summed E-state index contributed by atoms with van der Waals surface area (Å²) in [7, 11) is 0. The molecular weight excluding hydrogens is 347 g/mol. The first-order valence-corrected chi connectivity index (χ1v) is 7.60. The van der Waals surface area contributed by atoms with Gasteiger partial charge in [0.25, 0.3) is 0 Å². The van der Waals surface area contributed by atoms with Crippen molar-refractivity contribution in [2.75, 3.05) is 5.32 Å². The van der Waals surface area contributed by atoms with Crippen LogP contribution in [-0.4, -0.2) is 0 Å². The molecule has 0 saturated heterocycles. The number of hydrogen-bond acceptors (Lipinski definition) is 2. The zero-order valence-corrected chi connectivity index (χ0v) is 13.0. The molecule has 0 spiro atoms. The molecule has 98 valence electrons. The minimum Gasteiger partial charge on any atom is -0.378 e. The van der Waals surface area contributed by atoms with Crippen molar-refractivity contribution in [2.45, 2.75) is 25.4 Å². The highest BCUT2D eigenvalue weighted by atomic mass is 127. The molecule has 3 heteroatoms. The Morgan fingerprint density at radius 3 is 2.63 bits per heavy atom. The Labute approximate surface area is 127 Å². The normalized spacial score (nSPS) is 21.2. The highest BCUT2D eigenvalue weighted by Crippen LogP contribution is 2.39. The molecule has 19 heavy (non-hydrogen) atoms. The van der Waals surface area contributed by atoms with Gasteiger partial charge in [-0.3, -0.25) is 0 Å². The van der Waals surface area contributed by atoms with Gasteiger partial charge in [-0.25, -0.2) is 0 Å². The fourth-order valence-electron chi connectivity index (χ4n) is 2.79. The maximum Gasteiger partial charge on any atom is 0.0535 e. The van der Waals surface area contributed by atoms with Gasteiger partial charge in [0.05, 0.1) is 6.04 Å². The van der Waals surface area contributed by atoms with Crippen LogP contribution in [0.4, 0.5) is 5.69 Å². The van der Waals surface area contributed by atoms with Crippen molar-refractivity contribution in [1.29, 1.82) is 0 Å². The lowest BCUT2D eigenvalue weighted by atomic mass is 10.1. The summed E-state index contributed by atoms with van der Waals surface area (Å²) in [5.74, 6) is 0. The van der Waals surface area contributed by atoms with Crippen LogP contribution in [0.25, 0.3) is 0 Å². The van der Waals surface area contributed by atoms with Gasteiger partial charge in [-0.05, 0) is 70.8 Å². The van der Waals surface area contributed by atoms with Crippen molar-refractivity contribution in [3.05, 3.63) is 62.7 Å². The van der Waals surface area contributed by atoms with Crippen LogP contribution in [0, 0.1) is 10.5 Å². The molecule has 1 aliphatic carbocycles. The van der Waals surface area contributed by atoms with Gasteiger partial charge >= 0.3 is 0 Å². The molecule has 0 saturated carbocycles. The van der Waals surface area contributed by atoms with E-state index < -0.39 is 0 Å². The molecule has 2 atom stereocenters. The van der Waals surface area contributed by atoms with Crippen molar-refractivity contribution in [3.63, 3.8) is 0 Å². The van der Waals surface area contributed by atoms with Crippen molar-refractivity contribution >= 4 is 28.3 Å². The van der Waals surface area contributed by atoms with E-state index in [9.17, 15) is 0 Å². The molecule has 1 aliphatic rings. The molecule has 0 fully saturated rings. The summed E-state index contributed by atoms with van der Waals surface area (Å²) < 4.78 is 1.27. The number of rotatable bonds is 2. The van der Waals surface area contributed by atoms with Crippen LogP contribution in [0.1, 0.15) is 35.2 Å². The van der Waals surface area contributed by atoms with Crippen LogP contribution < -0.4 is 11.1 Å². The van der Waals surface area contributed by atoms with E-state index in [1.165, 1.54) is 25.9 Å². The summed E-state index contributed by atoms with van der Waals surface area (Å²) >= 11 is 2.34. The molecule has 3 rings (SSSR count). The number of fused-ring (bicyclic) bond motifs is 1. The van der Waals surface area contributed by atoms with E-state index in [2.05, 4.69) is 77.3 Å². The van der Waals surface area contributed by atoms with Crippen LogP contribution in [0.2, 0.25) is 0 Å². The molecule has 3 N–H and O–H groups in total. The third kappa shape index (κ3) is 2.49. The topological polar surface area (TPSA) is 38.0 Å². The highest BCUT2D eigenvalue weighted by Gasteiger charge is 2.28. The molecule has 0 heterocycles. The Kier molecular flexibility index (Phi) is 3.50. The third-order valence-corrected chi connectivity index (χ3v) is 4.45. The molecule has 2 aromatic rings. The molecule has 0 aromatic heterocycles. The van der Waals surface area contributed by atoms with Gasteiger partial charge in [0.2, 0.25) is 0 Å². The second-order valence-corrected chi connectivity index (χ2v) is 6.37. The van der Waals surface area contributed by atoms with E-state index in [1.807, 2.05) is 0 Å². The molecule has 0 bridgehead atoms. The Bertz CT molecular complexity index is 609. The van der Waals surface area contributed by atoms with Gasteiger partial charge in [0.15, 0.2) is 0 Å². The van der Waals surface area contributed by atoms with Gasteiger partial charge in [-0.2, -0.15) is 0 Å². The van der Waals surface area contributed by atoms with Crippen LogP contribution in [0.3, 0.4) is 0 Å². The first-order valence-electron chi connectivity index (χ1n) is 6.52. The Hall–Kier alpha value is -1.07. The molecule has 0 radical (unpaired) electrons. The first-order chi connectivity index (χ1) is 9.15. The predicted molar refractivity (Wildman–Crippen MR) is 88.2 cm³/mol. The van der Waals surface area contributed by atoms with Crippen molar-refractivity contribution in [3.8, 4) is 0 Å². The minimum absolute atomic E-state index is 0.151. The van der Waals surface area contributed by atoms with E-state index in [0.717, 1.165) is 6.42 Å². The fraction of sp³-hybridized carbons (Fsp3) is 0.250. The molecule has 2 nitrogen and oxygen atoms in total. The van der Waals surface area contributed by atoms with Gasteiger partial charge in [-0.1, -0.05) is 24.3 Å². The van der Waals surface area contributed by atoms with Gasteiger partial charge in [-0.15, -0.1) is 0 Å². The van der Waals surface area contributed by atoms with Crippen LogP contribution in [0.5, 0.6) is 0 Å². The molecule has 0 amide bonds. The van der Waals surface area contributed by atoms with E-state index in [-0.39, 0.29) is 6.04 Å². The lowest BCUT2D eigenvalue weighted by molar-refractivity contribution is 0.648. The van der Waals surface area contributed by atoms with Crippen molar-refractivity contribution < 1.29 is 0 Å². The average Bonchev–Trinajstić information content (AvgIpc) is 2.71. The molecular formula is C16H17IN2. The lowest BCUT2D eigenvalue weighted by Gasteiger charge is -2.17. The Morgan fingerprint density at radius 1 is 1.16 bits per heavy atom. The van der Waals surface area contributed by atoms with E-state index in [0.29, 0.717) is 6.04 Å². The second kappa shape index (κ2) is 5.13. The van der Waals surface area contributed by atoms with Crippen LogP contribution in [0.15, 0.2) is 42.5 Å². The second-order valence-electron chi connectivity index (χ2n) is 5.13. The van der Waals surface area contributed by atoms with E-state index >= 15 is 0 Å². The summed E-state index contributed by atoms with van der Waals surface area (Å²) in [6.45, 7) is 2.14. The number of hydrogen-bond donors (Lipinski definition) is 2. The van der Waals surface area contributed by atoms with Gasteiger partial charge in [0, 0.05) is 15.3 Å². The number of nitrogens with one attached hydrogen (secondary N) is 1. The highest BCUT2D eigenvalue weighted by molar-refractivity contribution is 14.1. The molecule has 0 aliphatic heterocycles. The number of benzene rings is 2. The molecule has 2 unspecified atom stereocenters. The summed E-state index contributed by atoms with van der Waals surface area (Å²) in [5, 5.41) is 3.64. The summed E-state index contributed by atoms with van der Waals surface area (Å²) in [6.07, 6.45) is 0.963. The minimum atomic E-state index is 0.151. The monoisotopic (exact) mass is 364 g/mol. The maximum absolute atomic E-state index is 6.21. The van der Waals surface area contributed by atoms with Crippen molar-refractivity contribution in [2.24, 2.45) is 5.73 Å². The fourth-order valence-corrected chi connectivity index (χ4v) is 3.43. The number of anilines is 1. The van der Waals surface area contributed by atoms with Crippen LogP contribution >= 0.6 is 22.6 Å². The standard InChI is InChI=1S/C16H17IN2/c1-10-8-11(17)6-7-15(10)19-16-9-14(18)12-4-2-3-5-13(12)16/h2-8,14,16,19H,9,18H2,1H3. The first kappa shape index (κ1) is 12.9. The van der Waals surface area contributed by atoms with E-state index in [1.54, 1.807) is 0 Å². The van der Waals surface area contributed by atoms with Crippen LogP contribution in [-0.2, 0) is 0 Å². The van der Waals surface area contributed by atoms with Gasteiger partial charge in [0.1, 0.15) is 0 Å². The average molecular weight is 364 g/mol. The number of aryl methyl sites for hydroxylation is 1. The molecule has 2 aromatic carbocycles. The SMILES string of the molecule is Cc1cc(I)ccc1NC1CC(N)c2ccccc21. The van der Waals surface area contributed by atoms with Gasteiger partial charge < -0.3 is 11.1 Å². The lowest BCUT2D eigenvalue weighted by Crippen LogP contribution is -2.10. The smallest absolute Gasteiger partial charge is 0.0535 e. The zero-order valence-electron chi connectivity index (χ0n) is 10.9. The predicted octanol–water partition coefficient (Wildman–Crippen LogP) is 4.16. The Morgan fingerprint density at radius 2 is 1.89 bits per heavy atom. The third-order valence-electron chi connectivity index (χ3n) is 3.78. The summed E-state index contributed by atoms with van der Waals surface area (Å²) in [4.78, 5) is 0. The summed E-state index contributed by atoms with van der Waals surface area (Å²) in [5.41, 5.74) is 11.3. The Balaban J connectivity index is 1.89. The maximum atomic E-state index is 6.21. The largest absolute Gasteiger partial charge is 0.378 e. The zero-order chi connectivity index (χ0) is 13.4. The number of nitrogens with two attached hydrogens (primary N) is 1. The number of halogens is 1.